The van der Waals surface area contributed by atoms with Crippen LogP contribution in [-0.2, 0) is 0 Å². The molecular formula is C14H12N4OS2. The Morgan fingerprint density at radius 1 is 1.38 bits per heavy atom. The Hall–Kier alpha value is -2.25. The summed E-state index contributed by atoms with van der Waals surface area (Å²) in [4.78, 5) is 9.07. The zero-order chi connectivity index (χ0) is 14.8. The standard InChI is InChI=1S/C14H12N4OS2/c1-19-8-4-5-10-11(7-8)21-14(17-10)18-13-9(12(15)20)3-2-6-16-13/h2-7H,1H3,(H2,15,20)(H,16,17,18). The molecule has 0 atom stereocenters. The topological polar surface area (TPSA) is 73.1 Å². The lowest BCUT2D eigenvalue weighted by atomic mass is 10.2. The van der Waals surface area contributed by atoms with Crippen molar-refractivity contribution in [1.82, 2.24) is 9.97 Å². The normalized spacial score (nSPS) is 10.5. The third-order valence-corrected chi connectivity index (χ3v) is 4.05. The van der Waals surface area contributed by atoms with Gasteiger partial charge in [-0.15, -0.1) is 0 Å². The first-order valence-corrected chi connectivity index (χ1v) is 7.36. The van der Waals surface area contributed by atoms with Crippen LogP contribution in [-0.4, -0.2) is 22.1 Å². The number of hydrogen-bond donors (Lipinski definition) is 2. The van der Waals surface area contributed by atoms with E-state index in [1.54, 1.807) is 19.4 Å². The first-order valence-electron chi connectivity index (χ1n) is 6.14. The summed E-state index contributed by atoms with van der Waals surface area (Å²) < 4.78 is 6.24. The van der Waals surface area contributed by atoms with E-state index in [4.69, 9.17) is 22.7 Å². The predicted octanol–water partition coefficient (Wildman–Crippen LogP) is 3.08. The summed E-state index contributed by atoms with van der Waals surface area (Å²) in [6.45, 7) is 0. The molecular weight excluding hydrogens is 304 g/mol. The fraction of sp³-hybridized carbons (Fsp3) is 0.0714. The van der Waals surface area contributed by atoms with Gasteiger partial charge in [0, 0.05) is 6.20 Å². The molecule has 0 unspecified atom stereocenters. The third kappa shape index (κ3) is 2.79. The number of thiazole rings is 1. The number of anilines is 2. The van der Waals surface area contributed by atoms with Crippen LogP contribution in [0.1, 0.15) is 5.56 Å². The van der Waals surface area contributed by atoms with Gasteiger partial charge in [0.05, 0.1) is 22.9 Å². The van der Waals surface area contributed by atoms with Gasteiger partial charge < -0.3 is 15.8 Å². The molecule has 0 aliphatic rings. The molecule has 7 heteroatoms. The van der Waals surface area contributed by atoms with Crippen molar-refractivity contribution in [3.63, 3.8) is 0 Å². The second-order valence-corrected chi connectivity index (χ2v) is 5.71. The van der Waals surface area contributed by atoms with Crippen molar-refractivity contribution < 1.29 is 4.74 Å². The number of thiocarbonyl (C=S) groups is 1. The summed E-state index contributed by atoms with van der Waals surface area (Å²) >= 11 is 6.54. The quantitative estimate of drug-likeness (QED) is 0.721. The van der Waals surface area contributed by atoms with E-state index in [1.807, 2.05) is 24.3 Å². The molecule has 0 saturated carbocycles. The zero-order valence-electron chi connectivity index (χ0n) is 11.2. The van der Waals surface area contributed by atoms with E-state index in [2.05, 4.69) is 15.3 Å². The van der Waals surface area contributed by atoms with Gasteiger partial charge in [0.2, 0.25) is 0 Å². The lowest BCUT2D eigenvalue weighted by Gasteiger charge is -2.06. The maximum absolute atomic E-state index is 5.70. The zero-order valence-corrected chi connectivity index (χ0v) is 12.8. The molecule has 0 radical (unpaired) electrons. The fourth-order valence-corrected chi connectivity index (χ4v) is 2.95. The van der Waals surface area contributed by atoms with Crippen molar-refractivity contribution in [3.8, 4) is 5.75 Å². The first kappa shape index (κ1) is 13.7. The molecule has 3 N–H and O–H groups in total. The van der Waals surface area contributed by atoms with Crippen LogP contribution < -0.4 is 15.8 Å². The minimum Gasteiger partial charge on any atom is -0.497 e. The van der Waals surface area contributed by atoms with Crippen LogP contribution in [0.3, 0.4) is 0 Å². The highest BCUT2D eigenvalue weighted by Gasteiger charge is 2.10. The molecule has 0 fully saturated rings. The van der Waals surface area contributed by atoms with Crippen molar-refractivity contribution in [2.75, 3.05) is 12.4 Å². The number of pyridine rings is 1. The number of ether oxygens (including phenoxy) is 1. The van der Waals surface area contributed by atoms with Crippen LogP contribution in [0.4, 0.5) is 10.9 Å². The van der Waals surface area contributed by atoms with Gasteiger partial charge in [-0.05, 0) is 30.3 Å². The van der Waals surface area contributed by atoms with Crippen LogP contribution >= 0.6 is 23.6 Å². The Morgan fingerprint density at radius 2 is 2.24 bits per heavy atom. The van der Waals surface area contributed by atoms with Gasteiger partial charge in [-0.2, -0.15) is 0 Å². The third-order valence-electron chi connectivity index (χ3n) is 2.89. The van der Waals surface area contributed by atoms with E-state index in [0.29, 0.717) is 16.4 Å². The molecule has 3 rings (SSSR count). The fourth-order valence-electron chi connectivity index (χ4n) is 1.89. The summed E-state index contributed by atoms with van der Waals surface area (Å²) in [6.07, 6.45) is 1.68. The highest BCUT2D eigenvalue weighted by molar-refractivity contribution is 7.80. The number of nitrogens with one attached hydrogen (secondary N) is 1. The van der Waals surface area contributed by atoms with Crippen LogP contribution in [0, 0.1) is 0 Å². The Kier molecular flexibility index (Phi) is 3.68. The van der Waals surface area contributed by atoms with Gasteiger partial charge in [-0.1, -0.05) is 23.6 Å². The highest BCUT2D eigenvalue weighted by Crippen LogP contribution is 2.31. The maximum atomic E-state index is 5.70. The number of benzene rings is 1. The number of methoxy groups -OCH3 is 1. The van der Waals surface area contributed by atoms with E-state index >= 15 is 0 Å². The summed E-state index contributed by atoms with van der Waals surface area (Å²) in [5.74, 6) is 1.41. The maximum Gasteiger partial charge on any atom is 0.189 e. The van der Waals surface area contributed by atoms with E-state index in [9.17, 15) is 0 Å². The number of fused-ring (bicyclic) bond motifs is 1. The Balaban J connectivity index is 1.97. The van der Waals surface area contributed by atoms with Crippen LogP contribution in [0.2, 0.25) is 0 Å². The SMILES string of the molecule is COc1ccc2nc(Nc3ncccc3C(N)=S)sc2c1. The number of rotatable bonds is 4. The average molecular weight is 316 g/mol. The van der Waals surface area contributed by atoms with E-state index in [1.165, 1.54) is 11.3 Å². The van der Waals surface area contributed by atoms with E-state index in [0.717, 1.165) is 21.1 Å². The minimum atomic E-state index is 0.299. The monoisotopic (exact) mass is 316 g/mol. The molecule has 0 saturated heterocycles. The number of nitrogens with zero attached hydrogens (tertiary/aromatic N) is 2. The Morgan fingerprint density at radius 3 is 3.00 bits per heavy atom. The van der Waals surface area contributed by atoms with Crippen LogP contribution in [0.5, 0.6) is 5.75 Å². The first-order chi connectivity index (χ1) is 10.2. The van der Waals surface area contributed by atoms with Crippen molar-refractivity contribution in [3.05, 3.63) is 42.1 Å². The van der Waals surface area contributed by atoms with Gasteiger partial charge in [-0.25, -0.2) is 9.97 Å². The van der Waals surface area contributed by atoms with Gasteiger partial charge >= 0.3 is 0 Å². The molecule has 0 spiro atoms. The molecule has 2 heterocycles. The molecule has 5 nitrogen and oxygen atoms in total. The molecule has 2 aromatic heterocycles. The van der Waals surface area contributed by atoms with Gasteiger partial charge in [-0.3, -0.25) is 0 Å². The van der Waals surface area contributed by atoms with Crippen LogP contribution in [0.25, 0.3) is 10.2 Å². The van der Waals surface area contributed by atoms with Crippen molar-refractivity contribution in [2.24, 2.45) is 5.73 Å². The second kappa shape index (κ2) is 5.63. The lowest BCUT2D eigenvalue weighted by Crippen LogP contribution is -2.12. The second-order valence-electron chi connectivity index (χ2n) is 4.24. The average Bonchev–Trinajstić information content (AvgIpc) is 2.88. The summed E-state index contributed by atoms with van der Waals surface area (Å²) in [5.41, 5.74) is 7.30. The minimum absolute atomic E-state index is 0.299. The highest BCUT2D eigenvalue weighted by atomic mass is 32.1. The van der Waals surface area contributed by atoms with E-state index in [-0.39, 0.29) is 0 Å². The van der Waals surface area contributed by atoms with E-state index < -0.39 is 0 Å². The van der Waals surface area contributed by atoms with Crippen molar-refractivity contribution >= 4 is 49.7 Å². The molecule has 106 valence electrons. The summed E-state index contributed by atoms with van der Waals surface area (Å²) in [7, 11) is 1.64. The number of nitrogens with two attached hydrogens (primary N) is 1. The number of hydrogen-bond acceptors (Lipinski definition) is 6. The number of aromatic nitrogens is 2. The molecule has 3 aromatic rings. The van der Waals surface area contributed by atoms with Gasteiger partial charge in [0.15, 0.2) is 5.13 Å². The predicted molar refractivity (Wildman–Crippen MR) is 89.6 cm³/mol. The molecule has 0 aliphatic carbocycles. The van der Waals surface area contributed by atoms with Crippen molar-refractivity contribution in [2.45, 2.75) is 0 Å². The molecule has 1 aromatic carbocycles. The smallest absolute Gasteiger partial charge is 0.189 e. The van der Waals surface area contributed by atoms with Crippen molar-refractivity contribution in [1.29, 1.82) is 0 Å². The molecule has 0 bridgehead atoms. The Bertz CT molecular complexity index is 816. The summed E-state index contributed by atoms with van der Waals surface area (Å²) in [6, 6.07) is 9.37. The molecule has 0 amide bonds. The Labute approximate surface area is 130 Å². The summed E-state index contributed by atoms with van der Waals surface area (Å²) in [5, 5.41) is 3.90. The molecule has 0 aliphatic heterocycles. The van der Waals surface area contributed by atoms with Crippen LogP contribution in [0.15, 0.2) is 36.5 Å². The lowest BCUT2D eigenvalue weighted by molar-refractivity contribution is 0.415. The largest absolute Gasteiger partial charge is 0.497 e. The van der Waals surface area contributed by atoms with Gasteiger partial charge in [0.25, 0.3) is 0 Å². The molecule has 21 heavy (non-hydrogen) atoms. The van der Waals surface area contributed by atoms with Gasteiger partial charge in [0.1, 0.15) is 16.6 Å².